The Morgan fingerprint density at radius 3 is 2.37 bits per heavy atom. The molecule has 0 bridgehead atoms. The molecule has 0 radical (unpaired) electrons. The van der Waals surface area contributed by atoms with E-state index in [0.29, 0.717) is 28.5 Å². The molecule has 2 atom stereocenters. The molecule has 3 rings (SSSR count). The van der Waals surface area contributed by atoms with E-state index in [0.717, 1.165) is 16.7 Å². The summed E-state index contributed by atoms with van der Waals surface area (Å²) in [6.45, 7) is 3.53. The average molecular weight is 406 g/mol. The lowest BCUT2D eigenvalue weighted by Gasteiger charge is -2.22. The quantitative estimate of drug-likeness (QED) is 0.729. The molecule has 4 nitrogen and oxygen atoms in total. The van der Waals surface area contributed by atoms with Crippen molar-refractivity contribution in [3.63, 3.8) is 0 Å². The highest BCUT2D eigenvalue weighted by atomic mass is 35.5. The first-order valence-corrected chi connectivity index (χ1v) is 9.55. The largest absolute Gasteiger partial charge is 0.396 e. The fourth-order valence-corrected chi connectivity index (χ4v) is 4.16. The minimum absolute atomic E-state index is 0.0288. The van der Waals surface area contributed by atoms with Crippen LogP contribution in [0.15, 0.2) is 36.4 Å². The van der Waals surface area contributed by atoms with Gasteiger partial charge >= 0.3 is 0 Å². The lowest BCUT2D eigenvalue weighted by Crippen LogP contribution is -2.43. The Kier molecular flexibility index (Phi) is 5.61. The second kappa shape index (κ2) is 7.63. The lowest BCUT2D eigenvalue weighted by molar-refractivity contribution is -0.125. The number of nitrogens with one attached hydrogen (secondary N) is 1. The summed E-state index contributed by atoms with van der Waals surface area (Å²) in [5.41, 5.74) is 2.20. The number of aliphatic hydroxyl groups is 1. The first-order valence-electron chi connectivity index (χ1n) is 8.80. The number of Topliss-reactive ketones (excluding diaryl/α,β-unsaturated/α-hetero) is 1. The van der Waals surface area contributed by atoms with E-state index in [-0.39, 0.29) is 18.3 Å². The molecule has 0 aliphatic carbocycles. The maximum absolute atomic E-state index is 13.0. The first kappa shape index (κ1) is 19.9. The van der Waals surface area contributed by atoms with Gasteiger partial charge in [0, 0.05) is 16.7 Å². The smallest absolute Gasteiger partial charge is 0.236 e. The molecule has 2 aromatic rings. The van der Waals surface area contributed by atoms with E-state index in [1.165, 1.54) is 0 Å². The molecular formula is C21H21Cl2NO3. The summed E-state index contributed by atoms with van der Waals surface area (Å²) in [6.07, 6.45) is 0.835. The Hall–Kier alpha value is -1.88. The van der Waals surface area contributed by atoms with Crippen LogP contribution in [0, 0.1) is 6.92 Å². The van der Waals surface area contributed by atoms with Crippen LogP contribution >= 0.6 is 23.2 Å². The van der Waals surface area contributed by atoms with Crippen LogP contribution in [0.2, 0.25) is 10.0 Å². The Balaban J connectivity index is 1.99. The highest BCUT2D eigenvalue weighted by molar-refractivity contribution is 6.33. The number of hydrogen-bond donors (Lipinski definition) is 2. The van der Waals surface area contributed by atoms with E-state index < -0.39 is 11.5 Å². The van der Waals surface area contributed by atoms with Crippen molar-refractivity contribution in [1.82, 2.24) is 5.32 Å². The molecule has 2 aromatic carbocycles. The number of carbonyl (C=O) groups excluding carboxylic acids is 2. The van der Waals surface area contributed by atoms with E-state index >= 15 is 0 Å². The number of ketones is 1. The zero-order valence-electron chi connectivity index (χ0n) is 15.2. The van der Waals surface area contributed by atoms with Crippen molar-refractivity contribution < 1.29 is 14.7 Å². The fourth-order valence-electron chi connectivity index (χ4n) is 3.65. The van der Waals surface area contributed by atoms with Gasteiger partial charge in [0.1, 0.15) is 5.92 Å². The van der Waals surface area contributed by atoms with Crippen molar-refractivity contribution in [2.24, 2.45) is 0 Å². The molecule has 142 valence electrons. The normalized spacial score (nSPS) is 22.2. The predicted octanol–water partition coefficient (Wildman–Crippen LogP) is 4.28. The molecule has 1 amide bonds. The molecule has 2 N–H and O–H groups in total. The van der Waals surface area contributed by atoms with Crippen molar-refractivity contribution in [2.75, 3.05) is 6.61 Å². The van der Waals surface area contributed by atoms with Crippen LogP contribution in [0.3, 0.4) is 0 Å². The predicted molar refractivity (Wildman–Crippen MR) is 107 cm³/mol. The van der Waals surface area contributed by atoms with Crippen molar-refractivity contribution in [1.29, 1.82) is 0 Å². The van der Waals surface area contributed by atoms with Gasteiger partial charge in [-0.1, -0.05) is 41.4 Å². The standard InChI is InChI=1S/C21H21Cl2NO3/c1-12-10-14(13-4-6-15(22)7-5-13)11-16(23)17(12)18-19(26)21(2,8-3-9-25)24-20(18)27/h4-7,10-11,18,25H,3,8-9H2,1-2H3,(H,24,27). The maximum atomic E-state index is 13.0. The summed E-state index contributed by atoms with van der Waals surface area (Å²) in [6, 6.07) is 11.1. The molecule has 0 saturated carbocycles. The summed E-state index contributed by atoms with van der Waals surface area (Å²) >= 11 is 12.5. The number of amides is 1. The number of benzene rings is 2. The molecule has 6 heteroatoms. The molecule has 1 heterocycles. The number of aryl methyl sites for hydroxylation is 1. The van der Waals surface area contributed by atoms with Crippen LogP contribution in [0.4, 0.5) is 0 Å². The Morgan fingerprint density at radius 2 is 1.78 bits per heavy atom. The second-order valence-corrected chi connectivity index (χ2v) is 7.98. The van der Waals surface area contributed by atoms with E-state index in [1.54, 1.807) is 25.1 Å². The molecule has 2 unspecified atom stereocenters. The van der Waals surface area contributed by atoms with E-state index in [2.05, 4.69) is 5.32 Å². The van der Waals surface area contributed by atoms with Gasteiger partial charge in [-0.2, -0.15) is 0 Å². The SMILES string of the molecule is Cc1cc(-c2ccc(Cl)cc2)cc(Cl)c1C1C(=O)NC(C)(CCCO)C1=O. The molecule has 1 fully saturated rings. The van der Waals surface area contributed by atoms with Crippen LogP contribution in [-0.4, -0.2) is 28.9 Å². The minimum atomic E-state index is -0.977. The van der Waals surface area contributed by atoms with Crippen molar-refractivity contribution in [3.8, 4) is 11.1 Å². The molecule has 1 aliphatic heterocycles. The molecule has 1 saturated heterocycles. The number of rotatable bonds is 5. The molecule has 0 spiro atoms. The van der Waals surface area contributed by atoms with Gasteiger partial charge in [0.05, 0.1) is 5.54 Å². The minimum Gasteiger partial charge on any atom is -0.396 e. The van der Waals surface area contributed by atoms with Crippen LogP contribution in [0.25, 0.3) is 11.1 Å². The summed E-state index contributed by atoms with van der Waals surface area (Å²) in [7, 11) is 0. The van der Waals surface area contributed by atoms with Crippen molar-refractivity contribution in [3.05, 3.63) is 57.6 Å². The third-order valence-electron chi connectivity index (χ3n) is 5.10. The molecule has 0 aromatic heterocycles. The zero-order valence-corrected chi connectivity index (χ0v) is 16.7. The fraction of sp³-hybridized carbons (Fsp3) is 0.333. The third-order valence-corrected chi connectivity index (χ3v) is 5.67. The van der Waals surface area contributed by atoms with Gasteiger partial charge in [0.15, 0.2) is 5.78 Å². The van der Waals surface area contributed by atoms with Gasteiger partial charge in [-0.05, 0) is 67.1 Å². The zero-order chi connectivity index (χ0) is 19.8. The van der Waals surface area contributed by atoms with Crippen LogP contribution in [-0.2, 0) is 9.59 Å². The van der Waals surface area contributed by atoms with Crippen molar-refractivity contribution in [2.45, 2.75) is 38.1 Å². The van der Waals surface area contributed by atoms with Gasteiger partial charge in [-0.3, -0.25) is 9.59 Å². The van der Waals surface area contributed by atoms with Gasteiger partial charge in [0.2, 0.25) is 5.91 Å². The number of hydrogen-bond acceptors (Lipinski definition) is 3. The van der Waals surface area contributed by atoms with Crippen LogP contribution in [0.5, 0.6) is 0 Å². The van der Waals surface area contributed by atoms with E-state index in [1.807, 2.05) is 25.1 Å². The summed E-state index contributed by atoms with van der Waals surface area (Å²) in [5.74, 6) is -1.48. The Bertz CT molecular complexity index is 872. The maximum Gasteiger partial charge on any atom is 0.236 e. The summed E-state index contributed by atoms with van der Waals surface area (Å²) in [4.78, 5) is 25.6. The van der Waals surface area contributed by atoms with Crippen LogP contribution < -0.4 is 5.32 Å². The highest BCUT2D eigenvalue weighted by Gasteiger charge is 2.50. The topological polar surface area (TPSA) is 66.4 Å². The summed E-state index contributed by atoms with van der Waals surface area (Å²) < 4.78 is 0. The summed E-state index contributed by atoms with van der Waals surface area (Å²) in [5, 5.41) is 12.9. The van der Waals surface area contributed by atoms with Gasteiger partial charge in [0.25, 0.3) is 0 Å². The second-order valence-electron chi connectivity index (χ2n) is 7.14. The highest BCUT2D eigenvalue weighted by Crippen LogP contribution is 2.39. The first-order chi connectivity index (χ1) is 12.8. The van der Waals surface area contributed by atoms with Gasteiger partial charge < -0.3 is 10.4 Å². The van der Waals surface area contributed by atoms with Crippen molar-refractivity contribution >= 4 is 34.9 Å². The molecule has 27 heavy (non-hydrogen) atoms. The molecule has 1 aliphatic rings. The third kappa shape index (κ3) is 3.75. The Labute approximate surface area is 168 Å². The average Bonchev–Trinajstić information content (AvgIpc) is 2.83. The van der Waals surface area contributed by atoms with Gasteiger partial charge in [-0.15, -0.1) is 0 Å². The lowest BCUT2D eigenvalue weighted by atomic mass is 9.83. The van der Waals surface area contributed by atoms with Crippen LogP contribution in [0.1, 0.15) is 36.8 Å². The van der Waals surface area contributed by atoms with E-state index in [4.69, 9.17) is 28.3 Å². The number of halogens is 2. The van der Waals surface area contributed by atoms with E-state index in [9.17, 15) is 9.59 Å². The monoisotopic (exact) mass is 405 g/mol. The number of carbonyl (C=O) groups is 2. The van der Waals surface area contributed by atoms with Gasteiger partial charge in [-0.25, -0.2) is 0 Å². The molecular weight excluding hydrogens is 385 g/mol. The Morgan fingerprint density at radius 1 is 1.11 bits per heavy atom. The number of aliphatic hydroxyl groups excluding tert-OH is 1.